The molecule has 1 unspecified atom stereocenters. The van der Waals surface area contributed by atoms with E-state index in [1.165, 1.54) is 6.92 Å². The zero-order valence-electron chi connectivity index (χ0n) is 12.8. The van der Waals surface area contributed by atoms with Crippen molar-refractivity contribution in [2.24, 2.45) is 0 Å². The number of nitrogens with one attached hydrogen (secondary N) is 2. The molecule has 1 aromatic rings. The molecule has 1 atom stereocenters. The van der Waals surface area contributed by atoms with Crippen molar-refractivity contribution in [2.75, 3.05) is 18.4 Å². The van der Waals surface area contributed by atoms with Crippen LogP contribution in [0.1, 0.15) is 18.1 Å². The van der Waals surface area contributed by atoms with Crippen molar-refractivity contribution in [3.63, 3.8) is 0 Å². The standard InChI is InChI=1S/C14H13F6N3O2/c1-7-11(24)21-4-5-23(7)12(25)22-8-2-3-9(13(15,16)17)10(6-8)14(18,19)20/h2-3,6-7H,4-5H2,1H3,(H,21,24)(H,22,25). The summed E-state index contributed by atoms with van der Waals surface area (Å²) >= 11 is 0. The summed E-state index contributed by atoms with van der Waals surface area (Å²) in [5, 5.41) is 4.59. The molecule has 0 spiro atoms. The lowest BCUT2D eigenvalue weighted by atomic mass is 10.1. The van der Waals surface area contributed by atoms with E-state index in [2.05, 4.69) is 10.6 Å². The lowest BCUT2D eigenvalue weighted by Crippen LogP contribution is -2.56. The van der Waals surface area contributed by atoms with Crippen LogP contribution in [0, 0.1) is 0 Å². The Morgan fingerprint density at radius 1 is 1.16 bits per heavy atom. The van der Waals surface area contributed by atoms with E-state index in [0.717, 1.165) is 11.0 Å². The van der Waals surface area contributed by atoms with Crippen molar-refractivity contribution in [3.8, 4) is 0 Å². The number of hydrogen-bond donors (Lipinski definition) is 2. The van der Waals surface area contributed by atoms with Gasteiger partial charge in [0.05, 0.1) is 11.1 Å². The number of piperazine rings is 1. The summed E-state index contributed by atoms with van der Waals surface area (Å²) in [6.07, 6.45) is -10.4. The predicted molar refractivity (Wildman–Crippen MR) is 74.6 cm³/mol. The van der Waals surface area contributed by atoms with E-state index in [9.17, 15) is 35.9 Å². The smallest absolute Gasteiger partial charge is 0.353 e. The fraction of sp³-hybridized carbons (Fsp3) is 0.429. The monoisotopic (exact) mass is 369 g/mol. The van der Waals surface area contributed by atoms with Crippen LogP contribution < -0.4 is 10.6 Å². The molecule has 11 heteroatoms. The van der Waals surface area contributed by atoms with Crippen molar-refractivity contribution >= 4 is 17.6 Å². The average Bonchev–Trinajstić information content (AvgIpc) is 2.48. The summed E-state index contributed by atoms with van der Waals surface area (Å²) in [6, 6.07) is -0.536. The van der Waals surface area contributed by atoms with Crippen LogP contribution in [-0.2, 0) is 17.1 Å². The summed E-state index contributed by atoms with van der Waals surface area (Å²) in [6.45, 7) is 1.70. The van der Waals surface area contributed by atoms with Crippen LogP contribution in [0.2, 0.25) is 0 Å². The first kappa shape index (κ1) is 18.9. The maximum atomic E-state index is 12.9. The Morgan fingerprint density at radius 3 is 2.32 bits per heavy atom. The SMILES string of the molecule is CC1C(=O)NCCN1C(=O)Nc1ccc(C(F)(F)F)c(C(F)(F)F)c1. The Labute approximate surface area is 138 Å². The number of benzene rings is 1. The van der Waals surface area contributed by atoms with Crippen molar-refractivity contribution in [1.82, 2.24) is 10.2 Å². The molecular formula is C14H13F6N3O2. The molecule has 1 aliphatic rings. The topological polar surface area (TPSA) is 61.4 Å². The summed E-state index contributed by atoms with van der Waals surface area (Å²) in [7, 11) is 0. The molecule has 2 N–H and O–H groups in total. The van der Waals surface area contributed by atoms with E-state index in [0.29, 0.717) is 0 Å². The van der Waals surface area contributed by atoms with Gasteiger partial charge in [-0.2, -0.15) is 26.3 Å². The van der Waals surface area contributed by atoms with E-state index in [-0.39, 0.29) is 25.2 Å². The van der Waals surface area contributed by atoms with Gasteiger partial charge in [0.15, 0.2) is 0 Å². The van der Waals surface area contributed by atoms with Gasteiger partial charge in [-0.3, -0.25) is 4.79 Å². The van der Waals surface area contributed by atoms with Gasteiger partial charge in [-0.05, 0) is 25.1 Å². The number of carbonyl (C=O) groups excluding carboxylic acids is 2. The fourth-order valence-electron chi connectivity index (χ4n) is 2.36. The molecule has 5 nitrogen and oxygen atoms in total. The highest BCUT2D eigenvalue weighted by molar-refractivity contribution is 5.94. The average molecular weight is 369 g/mol. The van der Waals surface area contributed by atoms with E-state index in [1.54, 1.807) is 0 Å². The van der Waals surface area contributed by atoms with Gasteiger partial charge in [-0.25, -0.2) is 4.79 Å². The van der Waals surface area contributed by atoms with E-state index in [1.807, 2.05) is 0 Å². The first-order chi connectivity index (χ1) is 11.4. The molecule has 1 heterocycles. The lowest BCUT2D eigenvalue weighted by molar-refractivity contribution is -0.162. The van der Waals surface area contributed by atoms with Gasteiger partial charge in [0.2, 0.25) is 5.91 Å². The minimum atomic E-state index is -5.25. The molecule has 1 aliphatic heterocycles. The number of carbonyl (C=O) groups is 2. The molecule has 138 valence electrons. The van der Waals surface area contributed by atoms with E-state index < -0.39 is 47.1 Å². The maximum Gasteiger partial charge on any atom is 0.417 e. The molecule has 1 fully saturated rings. The highest BCUT2D eigenvalue weighted by atomic mass is 19.4. The minimum absolute atomic E-state index is 0.117. The number of anilines is 1. The Bertz CT molecular complexity index is 686. The van der Waals surface area contributed by atoms with Gasteiger partial charge in [0.25, 0.3) is 0 Å². The summed E-state index contributed by atoms with van der Waals surface area (Å²) in [5.41, 5.74) is -4.20. The number of alkyl halides is 6. The van der Waals surface area contributed by atoms with Crippen molar-refractivity contribution in [1.29, 1.82) is 0 Å². The first-order valence-electron chi connectivity index (χ1n) is 7.05. The van der Waals surface area contributed by atoms with Crippen LogP contribution in [0.5, 0.6) is 0 Å². The molecule has 3 amide bonds. The molecule has 0 saturated carbocycles. The maximum absolute atomic E-state index is 12.9. The van der Waals surface area contributed by atoms with Crippen LogP contribution in [0.4, 0.5) is 36.8 Å². The Kier molecular flexibility index (Phi) is 4.87. The fourth-order valence-corrected chi connectivity index (χ4v) is 2.36. The van der Waals surface area contributed by atoms with Gasteiger partial charge in [-0.1, -0.05) is 0 Å². The number of rotatable bonds is 1. The van der Waals surface area contributed by atoms with Crippen LogP contribution >= 0.6 is 0 Å². The van der Waals surface area contributed by atoms with Gasteiger partial charge in [0, 0.05) is 18.8 Å². The molecule has 1 aromatic carbocycles. The van der Waals surface area contributed by atoms with E-state index >= 15 is 0 Å². The highest BCUT2D eigenvalue weighted by Crippen LogP contribution is 2.41. The third-order valence-corrected chi connectivity index (χ3v) is 3.64. The Hall–Kier alpha value is -2.46. The van der Waals surface area contributed by atoms with Crippen LogP contribution in [0.15, 0.2) is 18.2 Å². The second kappa shape index (κ2) is 6.45. The molecule has 0 bridgehead atoms. The van der Waals surface area contributed by atoms with Crippen molar-refractivity contribution in [2.45, 2.75) is 25.3 Å². The summed E-state index contributed by atoms with van der Waals surface area (Å²) < 4.78 is 76.8. The molecule has 25 heavy (non-hydrogen) atoms. The number of urea groups is 1. The Balaban J connectivity index is 2.28. The molecule has 1 saturated heterocycles. The quantitative estimate of drug-likeness (QED) is 0.748. The molecular weight excluding hydrogens is 356 g/mol. The third-order valence-electron chi connectivity index (χ3n) is 3.64. The van der Waals surface area contributed by atoms with Crippen molar-refractivity contribution in [3.05, 3.63) is 29.3 Å². The van der Waals surface area contributed by atoms with Crippen LogP contribution in [0.3, 0.4) is 0 Å². The van der Waals surface area contributed by atoms with Gasteiger partial charge in [0.1, 0.15) is 6.04 Å². The highest BCUT2D eigenvalue weighted by Gasteiger charge is 2.43. The largest absolute Gasteiger partial charge is 0.417 e. The molecule has 0 aliphatic carbocycles. The first-order valence-corrected chi connectivity index (χ1v) is 7.05. The lowest BCUT2D eigenvalue weighted by Gasteiger charge is -2.32. The number of halogens is 6. The minimum Gasteiger partial charge on any atom is -0.353 e. The number of nitrogens with zero attached hydrogens (tertiary/aromatic N) is 1. The van der Waals surface area contributed by atoms with Gasteiger partial charge >= 0.3 is 18.4 Å². The predicted octanol–water partition coefficient (Wildman–Crippen LogP) is 3.08. The second-order valence-corrected chi connectivity index (χ2v) is 5.35. The van der Waals surface area contributed by atoms with E-state index in [4.69, 9.17) is 0 Å². The normalized spacial score (nSPS) is 18.8. The Morgan fingerprint density at radius 2 is 1.76 bits per heavy atom. The number of amides is 3. The zero-order chi connectivity index (χ0) is 19.0. The van der Waals surface area contributed by atoms with Crippen LogP contribution in [-0.4, -0.2) is 36.0 Å². The van der Waals surface area contributed by atoms with Gasteiger partial charge < -0.3 is 15.5 Å². The molecule has 0 aromatic heterocycles. The van der Waals surface area contributed by atoms with Crippen molar-refractivity contribution < 1.29 is 35.9 Å². The summed E-state index contributed by atoms with van der Waals surface area (Å²) in [4.78, 5) is 24.7. The molecule has 0 radical (unpaired) electrons. The third kappa shape index (κ3) is 4.15. The van der Waals surface area contributed by atoms with Crippen LogP contribution in [0.25, 0.3) is 0 Å². The number of hydrogen-bond acceptors (Lipinski definition) is 2. The second-order valence-electron chi connectivity index (χ2n) is 5.35. The molecule has 2 rings (SSSR count). The summed E-state index contributed by atoms with van der Waals surface area (Å²) in [5.74, 6) is -0.440. The zero-order valence-corrected chi connectivity index (χ0v) is 12.8. The van der Waals surface area contributed by atoms with Gasteiger partial charge in [-0.15, -0.1) is 0 Å².